The maximum Gasteiger partial charge on any atom is 0.266 e. The Labute approximate surface area is 125 Å². The fourth-order valence-electron chi connectivity index (χ4n) is 1.51. The molecule has 2 rings (SSSR count). The number of pyridine rings is 1. The molecule has 0 radical (unpaired) electrons. The first-order valence-electron chi connectivity index (χ1n) is 5.74. The van der Waals surface area contributed by atoms with Crippen molar-refractivity contribution in [2.75, 3.05) is 5.73 Å². The zero-order chi connectivity index (χ0) is 14.5. The van der Waals surface area contributed by atoms with E-state index < -0.39 is 0 Å². The second-order valence-electron chi connectivity index (χ2n) is 3.98. The third-order valence-electron chi connectivity index (χ3n) is 2.57. The van der Waals surface area contributed by atoms with E-state index in [1.54, 1.807) is 24.3 Å². The number of nitrogen functional groups attached to an aromatic ring is 2. The molecule has 0 saturated carbocycles. The summed E-state index contributed by atoms with van der Waals surface area (Å²) in [6.07, 6.45) is 1.49. The number of halogens is 1. The Morgan fingerprint density at radius 1 is 1.35 bits per heavy atom. The number of nitrogens with one attached hydrogen (secondary N) is 1. The van der Waals surface area contributed by atoms with E-state index in [0.29, 0.717) is 22.0 Å². The maximum absolute atomic E-state index is 11.3. The number of hydrogen-bond acceptors (Lipinski definition) is 5. The number of anilines is 1. The van der Waals surface area contributed by atoms with Gasteiger partial charge in [-0.15, -0.1) is 11.8 Å². The van der Waals surface area contributed by atoms with Crippen LogP contribution in [-0.2, 0) is 5.75 Å². The van der Waals surface area contributed by atoms with Crippen LogP contribution in [0.15, 0.2) is 41.4 Å². The second-order valence-corrected chi connectivity index (χ2v) is 5.44. The van der Waals surface area contributed by atoms with E-state index in [9.17, 15) is 4.79 Å². The quantitative estimate of drug-likeness (QED) is 0.265. The first kappa shape index (κ1) is 14.6. The summed E-state index contributed by atoms with van der Waals surface area (Å²) < 4.78 is 0. The molecule has 0 fully saturated rings. The Morgan fingerprint density at radius 2 is 2.15 bits per heavy atom. The van der Waals surface area contributed by atoms with Crippen molar-refractivity contribution in [3.8, 4) is 0 Å². The zero-order valence-corrected chi connectivity index (χ0v) is 12.0. The highest BCUT2D eigenvalue weighted by Crippen LogP contribution is 2.30. The van der Waals surface area contributed by atoms with Crippen LogP contribution in [-0.4, -0.2) is 10.9 Å². The molecule has 0 saturated heterocycles. The Balaban J connectivity index is 2.04. The van der Waals surface area contributed by atoms with Gasteiger partial charge in [0.05, 0.1) is 11.3 Å². The number of nitrogens with two attached hydrogens (primary N) is 2. The number of carbonyl (C=O) groups excluding carboxylic acids is 1. The van der Waals surface area contributed by atoms with Crippen LogP contribution in [0.25, 0.3) is 0 Å². The molecule has 0 atom stereocenters. The van der Waals surface area contributed by atoms with Crippen LogP contribution in [0.1, 0.15) is 16.1 Å². The maximum atomic E-state index is 11.3. The monoisotopic (exact) mass is 308 g/mol. The summed E-state index contributed by atoms with van der Waals surface area (Å²) in [5.74, 6) is 5.32. The average Bonchev–Trinajstić information content (AvgIpc) is 2.48. The highest BCUT2D eigenvalue weighted by molar-refractivity contribution is 7.98. The minimum absolute atomic E-state index is 0.365. The third kappa shape index (κ3) is 3.63. The molecule has 1 aromatic heterocycles. The van der Waals surface area contributed by atoms with Crippen molar-refractivity contribution in [1.29, 1.82) is 0 Å². The van der Waals surface area contributed by atoms with Crippen molar-refractivity contribution in [1.82, 2.24) is 10.4 Å². The van der Waals surface area contributed by atoms with Gasteiger partial charge in [-0.25, -0.2) is 5.84 Å². The summed E-state index contributed by atoms with van der Waals surface area (Å²) in [6.45, 7) is 0. The molecule has 5 nitrogen and oxygen atoms in total. The van der Waals surface area contributed by atoms with E-state index in [1.807, 2.05) is 6.07 Å². The van der Waals surface area contributed by atoms with Gasteiger partial charge in [-0.05, 0) is 30.3 Å². The van der Waals surface area contributed by atoms with Crippen LogP contribution in [0.2, 0.25) is 5.02 Å². The SMILES string of the molecule is NNC(=O)c1ccc(CSc2cc(Cl)ccc2N)nc1. The van der Waals surface area contributed by atoms with Crippen molar-refractivity contribution >= 4 is 35.0 Å². The molecule has 1 aromatic carbocycles. The number of hydrazine groups is 1. The smallest absolute Gasteiger partial charge is 0.266 e. The van der Waals surface area contributed by atoms with E-state index in [-0.39, 0.29) is 5.91 Å². The number of benzene rings is 1. The molecule has 1 heterocycles. The third-order valence-corrected chi connectivity index (χ3v) is 3.91. The number of rotatable bonds is 4. The second kappa shape index (κ2) is 6.60. The van der Waals surface area contributed by atoms with E-state index in [0.717, 1.165) is 10.6 Å². The molecule has 7 heteroatoms. The lowest BCUT2D eigenvalue weighted by Gasteiger charge is -2.06. The van der Waals surface area contributed by atoms with Crippen LogP contribution in [0.5, 0.6) is 0 Å². The number of hydrogen-bond donors (Lipinski definition) is 3. The van der Waals surface area contributed by atoms with Gasteiger partial charge in [-0.2, -0.15) is 0 Å². The van der Waals surface area contributed by atoms with Crippen molar-refractivity contribution < 1.29 is 4.79 Å². The Kier molecular flexibility index (Phi) is 4.84. The molecule has 0 unspecified atom stereocenters. The average molecular weight is 309 g/mol. The molecule has 0 spiro atoms. The largest absolute Gasteiger partial charge is 0.398 e. The first-order valence-corrected chi connectivity index (χ1v) is 7.10. The first-order chi connectivity index (χ1) is 9.60. The molecule has 20 heavy (non-hydrogen) atoms. The fourth-order valence-corrected chi connectivity index (χ4v) is 2.67. The van der Waals surface area contributed by atoms with Crippen molar-refractivity contribution in [2.24, 2.45) is 5.84 Å². The van der Waals surface area contributed by atoms with Gasteiger partial charge in [0.2, 0.25) is 0 Å². The van der Waals surface area contributed by atoms with Crippen molar-refractivity contribution in [2.45, 2.75) is 10.6 Å². The number of carbonyl (C=O) groups is 1. The molecule has 0 aliphatic heterocycles. The minimum Gasteiger partial charge on any atom is -0.398 e. The van der Waals surface area contributed by atoms with Gasteiger partial charge >= 0.3 is 0 Å². The van der Waals surface area contributed by atoms with E-state index >= 15 is 0 Å². The number of aromatic nitrogens is 1. The van der Waals surface area contributed by atoms with E-state index in [2.05, 4.69) is 10.4 Å². The molecular weight excluding hydrogens is 296 g/mol. The van der Waals surface area contributed by atoms with Gasteiger partial charge in [0.25, 0.3) is 5.91 Å². The summed E-state index contributed by atoms with van der Waals surface area (Å²) in [7, 11) is 0. The highest BCUT2D eigenvalue weighted by atomic mass is 35.5. The van der Waals surface area contributed by atoms with Crippen LogP contribution >= 0.6 is 23.4 Å². The van der Waals surface area contributed by atoms with Crippen LogP contribution < -0.4 is 17.0 Å². The zero-order valence-electron chi connectivity index (χ0n) is 10.5. The van der Waals surface area contributed by atoms with Gasteiger partial charge in [-0.1, -0.05) is 11.6 Å². The van der Waals surface area contributed by atoms with Gasteiger partial charge in [-0.3, -0.25) is 15.2 Å². The summed E-state index contributed by atoms with van der Waals surface area (Å²) in [4.78, 5) is 16.4. The summed E-state index contributed by atoms with van der Waals surface area (Å²) in [5, 5.41) is 0.643. The lowest BCUT2D eigenvalue weighted by atomic mass is 10.2. The van der Waals surface area contributed by atoms with Crippen LogP contribution in [0.3, 0.4) is 0 Å². The predicted octanol–water partition coefficient (Wildman–Crippen LogP) is 2.21. The topological polar surface area (TPSA) is 94.0 Å². The standard InChI is InChI=1S/C13H13ClN4OS/c14-9-2-4-11(15)12(5-9)20-7-10-3-1-8(6-17-10)13(19)18-16/h1-6H,7,15-16H2,(H,18,19). The molecule has 1 amide bonds. The van der Waals surface area contributed by atoms with E-state index in [4.69, 9.17) is 23.2 Å². The molecule has 104 valence electrons. The van der Waals surface area contributed by atoms with E-state index in [1.165, 1.54) is 18.0 Å². The molecule has 5 N–H and O–H groups in total. The number of amides is 1. The summed E-state index contributed by atoms with van der Waals surface area (Å²) >= 11 is 7.47. The normalized spacial score (nSPS) is 10.3. The Hall–Kier alpha value is -1.76. The molecular formula is C13H13ClN4OS. The lowest BCUT2D eigenvalue weighted by Crippen LogP contribution is -2.30. The number of thioether (sulfide) groups is 1. The number of nitrogens with zero attached hydrogens (tertiary/aromatic N) is 1. The fraction of sp³-hybridized carbons (Fsp3) is 0.0769. The summed E-state index contributed by atoms with van der Waals surface area (Å²) in [6, 6.07) is 8.79. The molecule has 2 aromatic rings. The minimum atomic E-state index is -0.365. The Morgan fingerprint density at radius 3 is 2.80 bits per heavy atom. The molecule has 0 aliphatic rings. The molecule has 0 aliphatic carbocycles. The Bertz CT molecular complexity index is 618. The lowest BCUT2D eigenvalue weighted by molar-refractivity contribution is 0.0953. The van der Waals surface area contributed by atoms with Crippen molar-refractivity contribution in [3.63, 3.8) is 0 Å². The van der Waals surface area contributed by atoms with Crippen molar-refractivity contribution in [3.05, 3.63) is 52.8 Å². The molecule has 0 bridgehead atoms. The highest BCUT2D eigenvalue weighted by Gasteiger charge is 2.06. The van der Waals surface area contributed by atoms with Gasteiger partial charge in [0.15, 0.2) is 0 Å². The van der Waals surface area contributed by atoms with Crippen LogP contribution in [0, 0.1) is 0 Å². The van der Waals surface area contributed by atoms with Gasteiger partial charge in [0.1, 0.15) is 0 Å². The van der Waals surface area contributed by atoms with Crippen LogP contribution in [0.4, 0.5) is 5.69 Å². The van der Waals surface area contributed by atoms with Gasteiger partial charge < -0.3 is 5.73 Å². The predicted molar refractivity (Wildman–Crippen MR) is 81.3 cm³/mol. The van der Waals surface area contributed by atoms with Gasteiger partial charge in [0, 0.05) is 27.6 Å². The summed E-state index contributed by atoms with van der Waals surface area (Å²) in [5.41, 5.74) is 9.86.